The molecule has 0 saturated carbocycles. The van der Waals surface area contributed by atoms with E-state index < -0.39 is 0 Å². The molecule has 128 valence electrons. The molecule has 1 aliphatic carbocycles. The summed E-state index contributed by atoms with van der Waals surface area (Å²) < 4.78 is 0. The van der Waals surface area contributed by atoms with Crippen molar-refractivity contribution in [2.75, 3.05) is 14.1 Å². The number of hydrazone groups is 1. The second kappa shape index (κ2) is 7.46. The summed E-state index contributed by atoms with van der Waals surface area (Å²) in [7, 11) is 4.07. The summed E-state index contributed by atoms with van der Waals surface area (Å²) >= 11 is 0. The van der Waals surface area contributed by atoms with Crippen LogP contribution in [-0.4, -0.2) is 30.5 Å². The molecule has 0 bridgehead atoms. The minimum atomic E-state index is 0.395. The van der Waals surface area contributed by atoms with Crippen LogP contribution in [0.3, 0.4) is 0 Å². The fraction of sp³-hybridized carbons (Fsp3) is 0.700. The van der Waals surface area contributed by atoms with Crippen molar-refractivity contribution in [3.05, 3.63) is 23.4 Å². The van der Waals surface area contributed by atoms with E-state index in [0.717, 1.165) is 12.1 Å². The number of rotatable bonds is 4. The SMILES string of the molecule is CCC1CC(/C(=N\N(C)C)C2C=C(C)N=C(C)C2)C(C)C=C1C. The molecule has 0 aromatic heterocycles. The number of hydrogen-bond acceptors (Lipinski definition) is 3. The number of hydrogen-bond donors (Lipinski definition) is 0. The van der Waals surface area contributed by atoms with Gasteiger partial charge >= 0.3 is 0 Å². The average molecular weight is 316 g/mol. The zero-order chi connectivity index (χ0) is 17.1. The molecule has 0 amide bonds. The molecule has 4 unspecified atom stereocenters. The van der Waals surface area contributed by atoms with E-state index in [-0.39, 0.29) is 0 Å². The number of allylic oxidation sites excluding steroid dienone is 4. The van der Waals surface area contributed by atoms with Gasteiger partial charge in [-0.3, -0.25) is 4.99 Å². The number of aliphatic imine (C=N–C) groups is 1. The molecular formula is C20H33N3. The van der Waals surface area contributed by atoms with Crippen LogP contribution in [0.25, 0.3) is 0 Å². The van der Waals surface area contributed by atoms with Gasteiger partial charge in [-0.15, -0.1) is 0 Å². The van der Waals surface area contributed by atoms with E-state index in [2.05, 4.69) is 51.8 Å². The first kappa shape index (κ1) is 18.0. The summed E-state index contributed by atoms with van der Waals surface area (Å²) in [5.41, 5.74) is 5.27. The molecule has 1 heterocycles. The monoisotopic (exact) mass is 315 g/mol. The van der Waals surface area contributed by atoms with Gasteiger partial charge in [-0.2, -0.15) is 5.10 Å². The van der Waals surface area contributed by atoms with E-state index in [4.69, 9.17) is 5.10 Å². The molecule has 0 aromatic rings. The van der Waals surface area contributed by atoms with Gasteiger partial charge in [0.1, 0.15) is 0 Å². The third kappa shape index (κ3) is 4.33. The van der Waals surface area contributed by atoms with Crippen molar-refractivity contribution in [3.8, 4) is 0 Å². The lowest BCUT2D eigenvalue weighted by molar-refractivity contribution is 0.360. The van der Waals surface area contributed by atoms with Gasteiger partial charge < -0.3 is 5.01 Å². The summed E-state index contributed by atoms with van der Waals surface area (Å²) in [5, 5.41) is 6.93. The highest BCUT2D eigenvalue weighted by atomic mass is 15.4. The predicted octanol–water partition coefficient (Wildman–Crippen LogP) is 4.92. The molecule has 0 saturated heterocycles. The van der Waals surface area contributed by atoms with E-state index >= 15 is 0 Å². The molecule has 0 aromatic carbocycles. The maximum atomic E-state index is 4.96. The van der Waals surface area contributed by atoms with Crippen molar-refractivity contribution in [2.24, 2.45) is 33.8 Å². The molecule has 3 heteroatoms. The Morgan fingerprint density at radius 3 is 2.52 bits per heavy atom. The van der Waals surface area contributed by atoms with Crippen LogP contribution in [0, 0.1) is 23.7 Å². The molecule has 0 N–H and O–H groups in total. The second-order valence-electron chi connectivity index (χ2n) is 7.55. The van der Waals surface area contributed by atoms with Crippen molar-refractivity contribution < 1.29 is 0 Å². The molecule has 4 atom stereocenters. The van der Waals surface area contributed by atoms with Gasteiger partial charge in [-0.1, -0.05) is 31.6 Å². The van der Waals surface area contributed by atoms with Gasteiger partial charge in [-0.05, 0) is 51.9 Å². The van der Waals surface area contributed by atoms with Gasteiger partial charge in [0.2, 0.25) is 0 Å². The standard InChI is InChI=1S/C20H33N3/c1-8-17-12-19(14(3)9-13(17)2)20(22-23(6)7)18-10-15(4)21-16(5)11-18/h9-10,14,17-19H,8,11-12H2,1-7H3/b22-20-. The zero-order valence-corrected chi connectivity index (χ0v) is 15.9. The molecule has 0 radical (unpaired) electrons. The smallest absolute Gasteiger partial charge is 0.0490 e. The molecule has 0 spiro atoms. The molecular weight excluding hydrogens is 282 g/mol. The maximum Gasteiger partial charge on any atom is 0.0490 e. The Bertz CT molecular complexity index is 551. The first-order chi connectivity index (χ1) is 10.8. The van der Waals surface area contributed by atoms with Crippen LogP contribution < -0.4 is 0 Å². The predicted molar refractivity (Wildman–Crippen MR) is 101 cm³/mol. The highest BCUT2D eigenvalue weighted by molar-refractivity contribution is 5.96. The third-order valence-corrected chi connectivity index (χ3v) is 5.24. The minimum Gasteiger partial charge on any atom is -0.303 e. The van der Waals surface area contributed by atoms with E-state index in [1.54, 1.807) is 5.57 Å². The lowest BCUT2D eigenvalue weighted by atomic mass is 9.70. The Labute approximate surface area is 142 Å². The second-order valence-corrected chi connectivity index (χ2v) is 7.55. The first-order valence-electron chi connectivity index (χ1n) is 8.98. The first-order valence-corrected chi connectivity index (χ1v) is 8.98. The van der Waals surface area contributed by atoms with Crippen LogP contribution in [0.4, 0.5) is 0 Å². The molecule has 2 aliphatic rings. The summed E-state index contributed by atoms with van der Waals surface area (Å²) in [4.78, 5) is 4.60. The fourth-order valence-corrected chi connectivity index (χ4v) is 4.15. The lowest BCUT2D eigenvalue weighted by Gasteiger charge is -2.36. The highest BCUT2D eigenvalue weighted by Gasteiger charge is 2.34. The lowest BCUT2D eigenvalue weighted by Crippen LogP contribution is -2.35. The Kier molecular flexibility index (Phi) is 5.83. The largest absolute Gasteiger partial charge is 0.303 e. The van der Waals surface area contributed by atoms with Crippen molar-refractivity contribution in [1.82, 2.24) is 5.01 Å². The van der Waals surface area contributed by atoms with Crippen LogP contribution in [0.15, 0.2) is 33.5 Å². The van der Waals surface area contributed by atoms with Crippen LogP contribution in [0.2, 0.25) is 0 Å². The van der Waals surface area contributed by atoms with Gasteiger partial charge in [-0.25, -0.2) is 0 Å². The Balaban J connectivity index is 2.35. The normalized spacial score (nSPS) is 32.1. The van der Waals surface area contributed by atoms with Crippen LogP contribution in [-0.2, 0) is 0 Å². The summed E-state index contributed by atoms with van der Waals surface area (Å²) in [6.07, 6.45) is 8.25. The van der Waals surface area contributed by atoms with Gasteiger partial charge in [0.15, 0.2) is 0 Å². The van der Waals surface area contributed by atoms with Gasteiger partial charge in [0.25, 0.3) is 0 Å². The summed E-state index contributed by atoms with van der Waals surface area (Å²) in [6.45, 7) is 11.2. The van der Waals surface area contributed by atoms with Crippen LogP contribution in [0.1, 0.15) is 53.9 Å². The van der Waals surface area contributed by atoms with Crippen molar-refractivity contribution in [1.29, 1.82) is 0 Å². The molecule has 23 heavy (non-hydrogen) atoms. The molecule has 1 aliphatic heterocycles. The highest BCUT2D eigenvalue weighted by Crippen LogP contribution is 2.38. The Morgan fingerprint density at radius 1 is 1.26 bits per heavy atom. The van der Waals surface area contributed by atoms with Crippen LogP contribution in [0.5, 0.6) is 0 Å². The number of nitrogens with zero attached hydrogens (tertiary/aromatic N) is 3. The van der Waals surface area contributed by atoms with E-state index in [9.17, 15) is 0 Å². The zero-order valence-electron chi connectivity index (χ0n) is 15.9. The molecule has 3 nitrogen and oxygen atoms in total. The van der Waals surface area contributed by atoms with Crippen molar-refractivity contribution in [3.63, 3.8) is 0 Å². The van der Waals surface area contributed by atoms with Crippen molar-refractivity contribution >= 4 is 11.4 Å². The average Bonchev–Trinajstić information content (AvgIpc) is 2.44. The van der Waals surface area contributed by atoms with Gasteiger partial charge in [0.05, 0.1) is 0 Å². The van der Waals surface area contributed by atoms with E-state index in [1.165, 1.54) is 24.3 Å². The topological polar surface area (TPSA) is 28.0 Å². The quantitative estimate of drug-likeness (QED) is 0.411. The van der Waals surface area contributed by atoms with Gasteiger partial charge in [0, 0.05) is 43.1 Å². The fourth-order valence-electron chi connectivity index (χ4n) is 4.15. The summed E-state index contributed by atoms with van der Waals surface area (Å²) in [6, 6.07) is 0. The van der Waals surface area contributed by atoms with E-state index in [1.807, 2.05) is 19.1 Å². The maximum absolute atomic E-state index is 4.96. The molecule has 2 rings (SSSR count). The van der Waals surface area contributed by atoms with Crippen molar-refractivity contribution in [2.45, 2.75) is 53.9 Å². The van der Waals surface area contributed by atoms with Crippen LogP contribution >= 0.6 is 0 Å². The summed E-state index contributed by atoms with van der Waals surface area (Å²) in [5.74, 6) is 2.19. The Morgan fingerprint density at radius 2 is 1.96 bits per heavy atom. The minimum absolute atomic E-state index is 0.395. The third-order valence-electron chi connectivity index (χ3n) is 5.24. The van der Waals surface area contributed by atoms with E-state index in [0.29, 0.717) is 23.7 Å². The Hall–Kier alpha value is -1.38. The molecule has 0 fully saturated rings.